The smallest absolute Gasteiger partial charge is 0.0296 e. The molecule has 0 amide bonds. The Morgan fingerprint density at radius 1 is 1.38 bits per heavy atom. The zero-order chi connectivity index (χ0) is 6.41. The molecule has 0 spiro atoms. The number of nitrogens with zero attached hydrogens (tertiary/aromatic N) is 2. The van der Waals surface area contributed by atoms with Crippen LogP contribution < -0.4 is 0 Å². The fraction of sp³-hybridized carbons (Fsp3) is 0.500. The van der Waals surface area contributed by atoms with E-state index in [9.17, 15) is 0 Å². The first-order chi connectivity index (χ1) is 3.81. The first-order valence-electron chi connectivity index (χ1n) is 2.65. The van der Waals surface area contributed by atoms with E-state index in [2.05, 4.69) is 5.10 Å². The van der Waals surface area contributed by atoms with Crippen LogP contribution in [-0.2, 0) is 0 Å². The van der Waals surface area contributed by atoms with Crippen molar-refractivity contribution < 1.29 is 0 Å². The van der Waals surface area contributed by atoms with E-state index < -0.39 is 0 Å². The van der Waals surface area contributed by atoms with Gasteiger partial charge in [-0.05, 0) is 13.8 Å². The highest BCUT2D eigenvalue weighted by molar-refractivity contribution is 5.52. The highest BCUT2D eigenvalue weighted by Crippen LogP contribution is 1.81. The number of hydrogen-bond acceptors (Lipinski definition) is 2. The topological polar surface area (TPSA) is 15.6 Å². The summed E-state index contributed by atoms with van der Waals surface area (Å²) < 4.78 is 0. The lowest BCUT2D eigenvalue weighted by Gasteiger charge is -2.02. The molecule has 0 aromatic carbocycles. The monoisotopic (exact) mass is 112 g/mol. The van der Waals surface area contributed by atoms with Crippen LogP contribution in [0.4, 0.5) is 0 Å². The standard InChI is InChI=1S/C6H12N2/c1-4-6-8(3)7-5-2/h4-6H,1-3H3/b6-4+,7-5+. The van der Waals surface area contributed by atoms with E-state index in [0.29, 0.717) is 0 Å². The van der Waals surface area contributed by atoms with Gasteiger partial charge < -0.3 is 0 Å². The molecule has 0 radical (unpaired) electrons. The summed E-state index contributed by atoms with van der Waals surface area (Å²) in [5.41, 5.74) is 0. The molecule has 0 aliphatic heterocycles. The minimum absolute atomic E-state index is 1.75. The number of hydrogen-bond donors (Lipinski definition) is 0. The van der Waals surface area contributed by atoms with Crippen molar-refractivity contribution in [1.82, 2.24) is 5.01 Å². The number of hydrazone groups is 1. The predicted octanol–water partition coefficient (Wildman–Crippen LogP) is 1.46. The van der Waals surface area contributed by atoms with E-state index in [1.807, 2.05) is 33.2 Å². The SMILES string of the molecule is C/C=C/N(C)/N=C/C. The van der Waals surface area contributed by atoms with E-state index in [-0.39, 0.29) is 0 Å². The lowest BCUT2D eigenvalue weighted by atomic mass is 10.7. The van der Waals surface area contributed by atoms with E-state index in [1.54, 1.807) is 11.2 Å². The van der Waals surface area contributed by atoms with Crippen LogP contribution in [0.1, 0.15) is 13.8 Å². The van der Waals surface area contributed by atoms with Crippen molar-refractivity contribution in [3.8, 4) is 0 Å². The molecule has 0 saturated carbocycles. The molecule has 0 aliphatic carbocycles. The Bertz CT molecular complexity index is 82.7. The fourth-order valence-corrected chi connectivity index (χ4v) is 0.436. The van der Waals surface area contributed by atoms with Crippen LogP contribution in [-0.4, -0.2) is 18.3 Å². The summed E-state index contributed by atoms with van der Waals surface area (Å²) in [6.45, 7) is 3.85. The van der Waals surface area contributed by atoms with Gasteiger partial charge in [0, 0.05) is 19.5 Å². The van der Waals surface area contributed by atoms with Gasteiger partial charge in [-0.2, -0.15) is 5.10 Å². The van der Waals surface area contributed by atoms with Gasteiger partial charge in [-0.3, -0.25) is 5.01 Å². The van der Waals surface area contributed by atoms with Crippen molar-refractivity contribution >= 4 is 6.21 Å². The Morgan fingerprint density at radius 3 is 2.38 bits per heavy atom. The average Bonchev–Trinajstić information content (AvgIpc) is 1.68. The summed E-state index contributed by atoms with van der Waals surface area (Å²) in [4.78, 5) is 0. The van der Waals surface area contributed by atoms with Gasteiger partial charge in [0.15, 0.2) is 0 Å². The maximum absolute atomic E-state index is 3.94. The fourth-order valence-electron chi connectivity index (χ4n) is 0.436. The normalized spacial score (nSPS) is 11.4. The van der Waals surface area contributed by atoms with Crippen LogP contribution in [0, 0.1) is 0 Å². The van der Waals surface area contributed by atoms with Gasteiger partial charge in [0.1, 0.15) is 0 Å². The first kappa shape index (κ1) is 7.21. The summed E-state index contributed by atoms with van der Waals surface area (Å²) in [7, 11) is 1.89. The number of rotatable bonds is 2. The maximum Gasteiger partial charge on any atom is 0.0296 e. The van der Waals surface area contributed by atoms with Crippen LogP contribution in [0.15, 0.2) is 17.4 Å². The van der Waals surface area contributed by atoms with Crippen LogP contribution in [0.2, 0.25) is 0 Å². The molecule has 0 rings (SSSR count). The third-order valence-electron chi connectivity index (χ3n) is 0.662. The molecule has 2 nitrogen and oxygen atoms in total. The second-order valence-corrected chi connectivity index (χ2v) is 1.43. The van der Waals surface area contributed by atoms with E-state index in [1.165, 1.54) is 0 Å². The van der Waals surface area contributed by atoms with E-state index in [4.69, 9.17) is 0 Å². The Labute approximate surface area is 50.5 Å². The van der Waals surface area contributed by atoms with Crippen molar-refractivity contribution in [3.05, 3.63) is 12.3 Å². The average molecular weight is 112 g/mol. The largest absolute Gasteiger partial charge is 0.277 e. The minimum Gasteiger partial charge on any atom is -0.277 e. The van der Waals surface area contributed by atoms with Crippen molar-refractivity contribution in [1.29, 1.82) is 0 Å². The Kier molecular flexibility index (Phi) is 3.94. The predicted molar refractivity (Wildman–Crippen MR) is 36.7 cm³/mol. The summed E-state index contributed by atoms with van der Waals surface area (Å²) in [5.74, 6) is 0. The van der Waals surface area contributed by atoms with Crippen molar-refractivity contribution in [3.63, 3.8) is 0 Å². The third-order valence-corrected chi connectivity index (χ3v) is 0.662. The van der Waals surface area contributed by atoms with Crippen LogP contribution >= 0.6 is 0 Å². The molecule has 0 aliphatic rings. The molecule has 0 unspecified atom stereocenters. The highest BCUT2D eigenvalue weighted by atomic mass is 15.4. The first-order valence-corrected chi connectivity index (χ1v) is 2.65. The minimum atomic E-state index is 1.75. The van der Waals surface area contributed by atoms with Crippen molar-refractivity contribution in [2.45, 2.75) is 13.8 Å². The quantitative estimate of drug-likeness (QED) is 0.390. The van der Waals surface area contributed by atoms with Crippen molar-refractivity contribution in [2.75, 3.05) is 7.05 Å². The van der Waals surface area contributed by atoms with Gasteiger partial charge in [0.25, 0.3) is 0 Å². The zero-order valence-corrected chi connectivity index (χ0v) is 5.63. The van der Waals surface area contributed by atoms with E-state index in [0.717, 1.165) is 0 Å². The second kappa shape index (κ2) is 4.37. The molecular formula is C6H12N2. The van der Waals surface area contributed by atoms with Gasteiger partial charge in [-0.1, -0.05) is 6.08 Å². The molecular weight excluding hydrogens is 100 g/mol. The third kappa shape index (κ3) is 3.40. The summed E-state index contributed by atoms with van der Waals surface area (Å²) in [6.07, 6.45) is 5.58. The maximum atomic E-state index is 3.94. The molecule has 8 heavy (non-hydrogen) atoms. The molecule has 2 heteroatoms. The highest BCUT2D eigenvalue weighted by Gasteiger charge is 1.74. The van der Waals surface area contributed by atoms with Gasteiger partial charge in [0.05, 0.1) is 0 Å². The molecule has 0 fully saturated rings. The molecule has 0 aromatic heterocycles. The Morgan fingerprint density at radius 2 is 2.00 bits per heavy atom. The summed E-state index contributed by atoms with van der Waals surface area (Å²) in [5, 5.41) is 5.69. The number of allylic oxidation sites excluding steroid dienone is 1. The lowest BCUT2D eigenvalue weighted by Crippen LogP contribution is -1.99. The molecule has 46 valence electrons. The van der Waals surface area contributed by atoms with E-state index >= 15 is 0 Å². The van der Waals surface area contributed by atoms with Crippen LogP contribution in [0.25, 0.3) is 0 Å². The Hall–Kier alpha value is -0.790. The molecule has 0 heterocycles. The van der Waals surface area contributed by atoms with Gasteiger partial charge in [0.2, 0.25) is 0 Å². The van der Waals surface area contributed by atoms with Gasteiger partial charge in [-0.15, -0.1) is 0 Å². The zero-order valence-electron chi connectivity index (χ0n) is 5.63. The summed E-state index contributed by atoms with van der Waals surface area (Å²) >= 11 is 0. The molecule has 0 aromatic rings. The molecule has 0 N–H and O–H groups in total. The Balaban J connectivity index is 3.47. The van der Waals surface area contributed by atoms with Crippen LogP contribution in [0.5, 0.6) is 0 Å². The summed E-state index contributed by atoms with van der Waals surface area (Å²) in [6, 6.07) is 0. The molecule has 0 bridgehead atoms. The van der Waals surface area contributed by atoms with Crippen molar-refractivity contribution in [2.24, 2.45) is 5.10 Å². The van der Waals surface area contributed by atoms with Gasteiger partial charge in [-0.25, -0.2) is 0 Å². The second-order valence-electron chi connectivity index (χ2n) is 1.43. The molecule has 0 saturated heterocycles. The van der Waals surface area contributed by atoms with Gasteiger partial charge >= 0.3 is 0 Å². The van der Waals surface area contributed by atoms with Crippen LogP contribution in [0.3, 0.4) is 0 Å². The molecule has 0 atom stereocenters. The lowest BCUT2D eigenvalue weighted by molar-refractivity contribution is 0.492.